The van der Waals surface area contributed by atoms with Crippen LogP contribution < -0.4 is 4.90 Å². The van der Waals surface area contributed by atoms with Crippen LogP contribution in [0.2, 0.25) is 0 Å². The lowest BCUT2D eigenvalue weighted by Gasteiger charge is -2.27. The van der Waals surface area contributed by atoms with Crippen LogP contribution in [0.5, 0.6) is 0 Å². The fourth-order valence-corrected chi connectivity index (χ4v) is 2.77. The molecular weight excluding hydrogens is 276 g/mol. The lowest BCUT2D eigenvalue weighted by atomic mass is 10.1. The first-order valence-corrected chi connectivity index (χ1v) is 7.55. The number of fused-ring (bicyclic) bond motifs is 1. The molecule has 1 fully saturated rings. The maximum atomic E-state index is 5.39. The van der Waals surface area contributed by atoms with Crippen molar-refractivity contribution in [1.29, 1.82) is 0 Å². The van der Waals surface area contributed by atoms with E-state index in [1.807, 2.05) is 22.9 Å². The Kier molecular flexibility index (Phi) is 3.27. The van der Waals surface area contributed by atoms with E-state index in [4.69, 9.17) is 4.74 Å². The van der Waals surface area contributed by atoms with Gasteiger partial charge in [0, 0.05) is 31.0 Å². The maximum Gasteiger partial charge on any atom is 0.236 e. The summed E-state index contributed by atoms with van der Waals surface area (Å²) < 4.78 is 7.37. The molecule has 5 nitrogen and oxygen atoms in total. The third-order valence-electron chi connectivity index (χ3n) is 3.96. The molecule has 1 aliphatic rings. The van der Waals surface area contributed by atoms with E-state index < -0.39 is 0 Å². The molecule has 0 unspecified atom stereocenters. The van der Waals surface area contributed by atoms with Gasteiger partial charge < -0.3 is 9.64 Å². The van der Waals surface area contributed by atoms with E-state index in [1.54, 1.807) is 0 Å². The second-order valence-corrected chi connectivity index (χ2v) is 5.59. The zero-order valence-corrected chi connectivity index (χ0v) is 12.6. The van der Waals surface area contributed by atoms with Gasteiger partial charge in [-0.3, -0.25) is 4.40 Å². The van der Waals surface area contributed by atoms with Crippen molar-refractivity contribution in [3.63, 3.8) is 0 Å². The molecule has 3 heterocycles. The summed E-state index contributed by atoms with van der Waals surface area (Å²) in [5.41, 5.74) is 3.31. The summed E-state index contributed by atoms with van der Waals surface area (Å²) in [7, 11) is 0. The van der Waals surface area contributed by atoms with Crippen molar-refractivity contribution in [2.24, 2.45) is 0 Å². The lowest BCUT2D eigenvalue weighted by molar-refractivity contribution is 0.122. The molecule has 0 radical (unpaired) electrons. The lowest BCUT2D eigenvalue weighted by Crippen LogP contribution is -2.36. The van der Waals surface area contributed by atoms with Gasteiger partial charge in [0.25, 0.3) is 0 Å². The molecule has 112 valence electrons. The van der Waals surface area contributed by atoms with Gasteiger partial charge in [0.15, 0.2) is 0 Å². The average molecular weight is 294 g/mol. The summed E-state index contributed by atoms with van der Waals surface area (Å²) in [6.45, 7) is 5.38. The van der Waals surface area contributed by atoms with Crippen LogP contribution >= 0.6 is 0 Å². The molecule has 0 bridgehead atoms. The van der Waals surface area contributed by atoms with E-state index in [-0.39, 0.29) is 0 Å². The average Bonchev–Trinajstić information content (AvgIpc) is 2.99. The SMILES string of the molecule is Cc1cccc(-c2cn3ccc(N4CCOCC4)nc3n2)c1. The monoisotopic (exact) mass is 294 g/mol. The highest BCUT2D eigenvalue weighted by Gasteiger charge is 2.14. The van der Waals surface area contributed by atoms with Gasteiger partial charge in [-0.05, 0) is 19.1 Å². The van der Waals surface area contributed by atoms with E-state index in [0.29, 0.717) is 0 Å². The summed E-state index contributed by atoms with van der Waals surface area (Å²) >= 11 is 0. The molecule has 1 aliphatic heterocycles. The minimum atomic E-state index is 0.737. The Hall–Kier alpha value is -2.40. The minimum absolute atomic E-state index is 0.737. The van der Waals surface area contributed by atoms with Gasteiger partial charge in [0.05, 0.1) is 18.9 Å². The summed E-state index contributed by atoms with van der Waals surface area (Å²) in [5, 5.41) is 0. The van der Waals surface area contributed by atoms with Crippen LogP contribution in [0.3, 0.4) is 0 Å². The second kappa shape index (κ2) is 5.42. The van der Waals surface area contributed by atoms with Crippen LogP contribution in [0.1, 0.15) is 5.56 Å². The van der Waals surface area contributed by atoms with Crippen LogP contribution in [0.15, 0.2) is 42.7 Å². The molecule has 1 saturated heterocycles. The Labute approximate surface area is 129 Å². The third-order valence-corrected chi connectivity index (χ3v) is 3.96. The molecule has 4 rings (SSSR count). The number of nitrogens with zero attached hydrogens (tertiary/aromatic N) is 4. The normalized spacial score (nSPS) is 15.4. The Morgan fingerprint density at radius 3 is 2.77 bits per heavy atom. The van der Waals surface area contributed by atoms with Crippen molar-refractivity contribution in [3.8, 4) is 11.3 Å². The number of rotatable bonds is 2. The first-order valence-electron chi connectivity index (χ1n) is 7.55. The maximum absolute atomic E-state index is 5.39. The number of hydrogen-bond donors (Lipinski definition) is 0. The van der Waals surface area contributed by atoms with E-state index in [2.05, 4.69) is 46.1 Å². The fourth-order valence-electron chi connectivity index (χ4n) is 2.77. The first kappa shape index (κ1) is 13.3. The van der Waals surface area contributed by atoms with Crippen LogP contribution in [-0.2, 0) is 4.74 Å². The van der Waals surface area contributed by atoms with Gasteiger partial charge in [-0.25, -0.2) is 4.98 Å². The number of hydrogen-bond acceptors (Lipinski definition) is 4. The van der Waals surface area contributed by atoms with Crippen molar-refractivity contribution in [3.05, 3.63) is 48.3 Å². The summed E-state index contributed by atoms with van der Waals surface area (Å²) in [5.74, 6) is 1.71. The van der Waals surface area contributed by atoms with Gasteiger partial charge >= 0.3 is 0 Å². The summed E-state index contributed by atoms with van der Waals surface area (Å²) in [4.78, 5) is 11.6. The van der Waals surface area contributed by atoms with Gasteiger partial charge in [0.1, 0.15) is 5.82 Å². The number of benzene rings is 1. The molecule has 3 aromatic rings. The molecule has 0 N–H and O–H groups in total. The molecule has 0 amide bonds. The largest absolute Gasteiger partial charge is 0.378 e. The topological polar surface area (TPSA) is 42.7 Å². The smallest absolute Gasteiger partial charge is 0.236 e. The standard InChI is InChI=1S/C17H18N4O/c1-13-3-2-4-14(11-13)15-12-21-6-5-16(19-17(21)18-15)20-7-9-22-10-8-20/h2-6,11-12H,7-10H2,1H3. The van der Waals surface area contributed by atoms with Gasteiger partial charge in [0.2, 0.25) is 5.78 Å². The molecule has 0 aliphatic carbocycles. The molecule has 0 spiro atoms. The van der Waals surface area contributed by atoms with E-state index in [0.717, 1.165) is 49.2 Å². The van der Waals surface area contributed by atoms with E-state index in [1.165, 1.54) is 5.56 Å². The number of imidazole rings is 1. The Balaban J connectivity index is 1.71. The number of aryl methyl sites for hydroxylation is 1. The van der Waals surface area contributed by atoms with Gasteiger partial charge in [-0.1, -0.05) is 23.8 Å². The van der Waals surface area contributed by atoms with Gasteiger partial charge in [-0.2, -0.15) is 4.98 Å². The van der Waals surface area contributed by atoms with Gasteiger partial charge in [-0.15, -0.1) is 0 Å². The van der Waals surface area contributed by atoms with Crippen molar-refractivity contribution in [2.75, 3.05) is 31.2 Å². The number of morpholine rings is 1. The molecule has 1 aromatic carbocycles. The highest BCUT2D eigenvalue weighted by Crippen LogP contribution is 2.21. The van der Waals surface area contributed by atoms with Crippen molar-refractivity contribution < 1.29 is 4.74 Å². The first-order chi connectivity index (χ1) is 10.8. The highest BCUT2D eigenvalue weighted by molar-refractivity contribution is 5.62. The highest BCUT2D eigenvalue weighted by atomic mass is 16.5. The van der Waals surface area contributed by atoms with E-state index in [9.17, 15) is 0 Å². The zero-order valence-electron chi connectivity index (χ0n) is 12.6. The summed E-state index contributed by atoms with van der Waals surface area (Å²) in [6, 6.07) is 10.4. The number of anilines is 1. The van der Waals surface area contributed by atoms with Crippen molar-refractivity contribution in [1.82, 2.24) is 14.4 Å². The van der Waals surface area contributed by atoms with Crippen LogP contribution in [0.25, 0.3) is 17.0 Å². The predicted octanol–water partition coefficient (Wildman–Crippen LogP) is 2.54. The Morgan fingerprint density at radius 2 is 1.95 bits per heavy atom. The number of aromatic nitrogens is 3. The molecular formula is C17H18N4O. The zero-order chi connectivity index (χ0) is 14.9. The van der Waals surface area contributed by atoms with Crippen LogP contribution in [0, 0.1) is 6.92 Å². The second-order valence-electron chi connectivity index (χ2n) is 5.59. The molecule has 2 aromatic heterocycles. The molecule has 0 saturated carbocycles. The molecule has 5 heteroatoms. The minimum Gasteiger partial charge on any atom is -0.378 e. The van der Waals surface area contributed by atoms with E-state index >= 15 is 0 Å². The Bertz CT molecular complexity index is 805. The van der Waals surface area contributed by atoms with Crippen molar-refractivity contribution in [2.45, 2.75) is 6.92 Å². The quantitative estimate of drug-likeness (QED) is 0.728. The predicted molar refractivity (Wildman–Crippen MR) is 86.2 cm³/mol. The summed E-state index contributed by atoms with van der Waals surface area (Å²) in [6.07, 6.45) is 4.06. The molecule has 0 atom stereocenters. The third kappa shape index (κ3) is 2.44. The van der Waals surface area contributed by atoms with Crippen LogP contribution in [-0.4, -0.2) is 40.7 Å². The Morgan fingerprint density at radius 1 is 1.09 bits per heavy atom. The van der Waals surface area contributed by atoms with Crippen LogP contribution in [0.4, 0.5) is 5.82 Å². The molecule has 22 heavy (non-hydrogen) atoms. The number of ether oxygens (including phenoxy) is 1. The van der Waals surface area contributed by atoms with Crippen molar-refractivity contribution >= 4 is 11.6 Å². The fraction of sp³-hybridized carbons (Fsp3) is 0.294.